The molecule has 29 heavy (non-hydrogen) atoms. The standard InChI is InChI=1S/C22H18N2O4S/c1-14-10-11-23-13-18(14)15-6-5-7-16(12-15)21(25)20-22(26)17-8-3-4-9-19(17)29(27,28)24(20)2/h3-13,25H,1-2H3. The van der Waals surface area contributed by atoms with Gasteiger partial charge in [-0.15, -0.1) is 0 Å². The highest BCUT2D eigenvalue weighted by Gasteiger charge is 2.39. The first-order valence-electron chi connectivity index (χ1n) is 8.89. The van der Waals surface area contributed by atoms with Crippen molar-refractivity contribution in [3.63, 3.8) is 0 Å². The van der Waals surface area contributed by atoms with Crippen LogP contribution in [0.25, 0.3) is 16.9 Å². The van der Waals surface area contributed by atoms with Gasteiger partial charge < -0.3 is 5.11 Å². The third kappa shape index (κ3) is 3.00. The molecule has 0 amide bonds. The molecule has 0 atom stereocenters. The Labute approximate surface area is 168 Å². The number of allylic oxidation sites excluding steroid dienone is 1. The zero-order chi connectivity index (χ0) is 20.8. The Morgan fingerprint density at radius 1 is 1.03 bits per heavy atom. The summed E-state index contributed by atoms with van der Waals surface area (Å²) in [5.74, 6) is -0.933. The molecule has 7 heteroatoms. The molecule has 0 saturated carbocycles. The predicted octanol–water partition coefficient (Wildman–Crippen LogP) is 3.80. The fraction of sp³-hybridized carbons (Fsp3) is 0.0909. The number of nitrogens with zero attached hydrogens (tertiary/aromatic N) is 2. The topological polar surface area (TPSA) is 87.6 Å². The first-order valence-corrected chi connectivity index (χ1v) is 10.3. The van der Waals surface area contributed by atoms with Gasteiger partial charge in [-0.25, -0.2) is 8.42 Å². The lowest BCUT2D eigenvalue weighted by molar-refractivity contribution is 0.100. The first-order chi connectivity index (χ1) is 13.8. The summed E-state index contributed by atoms with van der Waals surface area (Å²) in [6.45, 7) is 1.95. The van der Waals surface area contributed by atoms with E-state index in [1.165, 1.54) is 19.2 Å². The Morgan fingerprint density at radius 3 is 2.55 bits per heavy atom. The molecule has 2 aromatic carbocycles. The molecule has 0 aliphatic carbocycles. The van der Waals surface area contributed by atoms with E-state index in [2.05, 4.69) is 4.98 Å². The molecular formula is C22H18N2O4S. The molecule has 1 aromatic heterocycles. The summed E-state index contributed by atoms with van der Waals surface area (Å²) >= 11 is 0. The molecule has 0 unspecified atom stereocenters. The number of carbonyl (C=O) groups is 1. The van der Waals surface area contributed by atoms with Crippen LogP contribution < -0.4 is 0 Å². The SMILES string of the molecule is Cc1ccncc1-c1cccc(C(O)=C2C(=O)c3ccccc3S(=O)(=O)N2C)c1. The number of ketones is 1. The molecule has 1 aliphatic rings. The van der Waals surface area contributed by atoms with Gasteiger partial charge in [0.05, 0.1) is 4.90 Å². The number of Topliss-reactive ketones (excluding diaryl/α,β-unsaturated/α-hetero) is 1. The second-order valence-corrected chi connectivity index (χ2v) is 8.70. The number of aromatic nitrogens is 1. The molecule has 4 rings (SSSR count). The normalized spacial score (nSPS) is 17.0. The average Bonchev–Trinajstić information content (AvgIpc) is 2.73. The van der Waals surface area contributed by atoms with Gasteiger partial charge in [0.15, 0.2) is 5.76 Å². The number of aliphatic hydroxyl groups excluding tert-OH is 1. The van der Waals surface area contributed by atoms with E-state index in [0.717, 1.165) is 21.0 Å². The zero-order valence-electron chi connectivity index (χ0n) is 15.8. The molecule has 0 saturated heterocycles. The highest BCUT2D eigenvalue weighted by molar-refractivity contribution is 7.89. The third-order valence-corrected chi connectivity index (χ3v) is 6.83. The second-order valence-electron chi connectivity index (χ2n) is 6.77. The van der Waals surface area contributed by atoms with Crippen LogP contribution in [0.4, 0.5) is 0 Å². The van der Waals surface area contributed by atoms with Crippen molar-refractivity contribution in [1.29, 1.82) is 0 Å². The van der Waals surface area contributed by atoms with Crippen molar-refractivity contribution in [1.82, 2.24) is 9.29 Å². The van der Waals surface area contributed by atoms with Crippen molar-refractivity contribution in [3.05, 3.63) is 89.4 Å². The van der Waals surface area contributed by atoms with Gasteiger partial charge in [0.2, 0.25) is 5.78 Å². The minimum Gasteiger partial charge on any atom is -0.505 e. The number of rotatable bonds is 2. The van der Waals surface area contributed by atoms with Gasteiger partial charge in [0.25, 0.3) is 10.0 Å². The van der Waals surface area contributed by atoms with Crippen LogP contribution in [-0.2, 0) is 10.0 Å². The van der Waals surface area contributed by atoms with Crippen molar-refractivity contribution in [2.24, 2.45) is 0 Å². The summed E-state index contributed by atoms with van der Waals surface area (Å²) in [5, 5.41) is 10.9. The Hall–Kier alpha value is -3.45. The number of hydrogen-bond acceptors (Lipinski definition) is 5. The molecule has 0 radical (unpaired) electrons. The van der Waals surface area contributed by atoms with E-state index >= 15 is 0 Å². The summed E-state index contributed by atoms with van der Waals surface area (Å²) in [4.78, 5) is 17.1. The lowest BCUT2D eigenvalue weighted by Crippen LogP contribution is -2.37. The second kappa shape index (κ2) is 6.86. The van der Waals surface area contributed by atoms with Crippen molar-refractivity contribution >= 4 is 21.6 Å². The number of fused-ring (bicyclic) bond motifs is 1. The fourth-order valence-corrected chi connectivity index (χ4v) is 4.81. The summed E-state index contributed by atoms with van der Waals surface area (Å²) in [7, 11) is -2.67. The van der Waals surface area contributed by atoms with Gasteiger partial charge in [0, 0.05) is 36.1 Å². The third-order valence-electron chi connectivity index (χ3n) is 5.01. The number of likely N-dealkylation sites (N-methyl/N-ethyl adjacent to an activating group) is 1. The van der Waals surface area contributed by atoms with Crippen molar-refractivity contribution in [2.45, 2.75) is 11.8 Å². The number of hydrogen-bond donors (Lipinski definition) is 1. The van der Waals surface area contributed by atoms with E-state index in [1.54, 1.807) is 42.7 Å². The number of aliphatic hydroxyl groups is 1. The predicted molar refractivity (Wildman–Crippen MR) is 110 cm³/mol. The molecule has 3 aromatic rings. The molecule has 1 N–H and O–H groups in total. The Kier molecular flexibility index (Phi) is 4.47. The van der Waals surface area contributed by atoms with E-state index in [1.807, 2.05) is 19.1 Å². The maximum absolute atomic E-state index is 13.0. The fourth-order valence-electron chi connectivity index (χ4n) is 3.41. The molecule has 0 spiro atoms. The van der Waals surface area contributed by atoms with Gasteiger partial charge in [-0.1, -0.05) is 30.3 Å². The lowest BCUT2D eigenvalue weighted by atomic mass is 9.98. The molecule has 0 fully saturated rings. The van der Waals surface area contributed by atoms with Crippen molar-refractivity contribution < 1.29 is 18.3 Å². The Balaban J connectivity index is 1.90. The first kappa shape index (κ1) is 18.9. The van der Waals surface area contributed by atoms with E-state index in [-0.39, 0.29) is 21.9 Å². The summed E-state index contributed by atoms with van der Waals surface area (Å²) < 4.78 is 26.5. The minimum absolute atomic E-state index is 0.0476. The molecule has 2 heterocycles. The number of benzene rings is 2. The van der Waals surface area contributed by atoms with Crippen LogP contribution in [0.3, 0.4) is 0 Å². The van der Waals surface area contributed by atoms with Crippen LogP contribution in [0.1, 0.15) is 21.5 Å². The number of sulfonamides is 1. The van der Waals surface area contributed by atoms with Crippen LogP contribution in [0.15, 0.2) is 77.6 Å². The monoisotopic (exact) mass is 406 g/mol. The van der Waals surface area contributed by atoms with Crippen LogP contribution in [0.5, 0.6) is 0 Å². The maximum Gasteiger partial charge on any atom is 0.265 e. The van der Waals surface area contributed by atoms with E-state index in [0.29, 0.717) is 5.56 Å². The van der Waals surface area contributed by atoms with Crippen molar-refractivity contribution in [3.8, 4) is 11.1 Å². The molecule has 6 nitrogen and oxygen atoms in total. The van der Waals surface area contributed by atoms with Gasteiger partial charge in [-0.2, -0.15) is 0 Å². The van der Waals surface area contributed by atoms with Crippen LogP contribution in [-0.4, -0.2) is 35.6 Å². The van der Waals surface area contributed by atoms with Gasteiger partial charge in [-0.3, -0.25) is 14.1 Å². The van der Waals surface area contributed by atoms with Gasteiger partial charge >= 0.3 is 0 Å². The number of pyridine rings is 1. The molecule has 1 aliphatic heterocycles. The molecule has 146 valence electrons. The van der Waals surface area contributed by atoms with Gasteiger partial charge in [-0.05, 0) is 42.3 Å². The minimum atomic E-state index is -3.94. The maximum atomic E-state index is 13.0. The lowest BCUT2D eigenvalue weighted by Gasteiger charge is -2.28. The van der Waals surface area contributed by atoms with Gasteiger partial charge in [0.1, 0.15) is 5.70 Å². The number of aryl methyl sites for hydroxylation is 1. The van der Waals surface area contributed by atoms with E-state index < -0.39 is 15.8 Å². The molecular weight excluding hydrogens is 388 g/mol. The largest absolute Gasteiger partial charge is 0.505 e. The zero-order valence-corrected chi connectivity index (χ0v) is 16.6. The van der Waals surface area contributed by atoms with E-state index in [4.69, 9.17) is 0 Å². The highest BCUT2D eigenvalue weighted by Crippen LogP contribution is 2.35. The molecule has 0 bridgehead atoms. The highest BCUT2D eigenvalue weighted by atomic mass is 32.2. The van der Waals surface area contributed by atoms with Crippen molar-refractivity contribution in [2.75, 3.05) is 7.05 Å². The van der Waals surface area contributed by atoms with Crippen LogP contribution >= 0.6 is 0 Å². The number of carbonyl (C=O) groups excluding carboxylic acids is 1. The van der Waals surface area contributed by atoms with Crippen LogP contribution in [0, 0.1) is 6.92 Å². The average molecular weight is 406 g/mol. The van der Waals surface area contributed by atoms with Crippen LogP contribution in [0.2, 0.25) is 0 Å². The summed E-state index contributed by atoms with van der Waals surface area (Å²) in [6.07, 6.45) is 3.41. The Morgan fingerprint density at radius 2 is 1.79 bits per heavy atom. The smallest absolute Gasteiger partial charge is 0.265 e. The van der Waals surface area contributed by atoms with E-state index in [9.17, 15) is 18.3 Å². The Bertz CT molecular complexity index is 1280. The summed E-state index contributed by atoms with van der Waals surface area (Å²) in [5.41, 5.74) is 2.81. The summed E-state index contributed by atoms with van der Waals surface area (Å²) in [6, 6.07) is 14.8. The quantitative estimate of drug-likeness (QED) is 0.517.